The van der Waals surface area contributed by atoms with E-state index in [1.54, 1.807) is 0 Å². The maximum Gasteiger partial charge on any atom is 0.416 e. The second-order valence-corrected chi connectivity index (χ2v) is 9.21. The number of nitrogens with zero attached hydrogens (tertiary/aromatic N) is 3. The lowest BCUT2D eigenvalue weighted by Crippen LogP contribution is -2.36. The Morgan fingerprint density at radius 3 is 2.47 bits per heavy atom. The first-order chi connectivity index (χ1) is 17.1. The Bertz CT molecular complexity index is 1220. The molecule has 36 heavy (non-hydrogen) atoms. The summed E-state index contributed by atoms with van der Waals surface area (Å²) in [5.41, 5.74) is -0.542. The highest BCUT2D eigenvalue weighted by molar-refractivity contribution is 5.90. The molecule has 2 amide bonds. The quantitative estimate of drug-likeness (QED) is 0.378. The molecule has 1 aliphatic carbocycles. The van der Waals surface area contributed by atoms with Crippen LogP contribution in [0.2, 0.25) is 0 Å². The van der Waals surface area contributed by atoms with Crippen molar-refractivity contribution in [2.24, 2.45) is 5.92 Å². The van der Waals surface area contributed by atoms with Crippen molar-refractivity contribution in [1.82, 2.24) is 15.3 Å². The van der Waals surface area contributed by atoms with E-state index >= 15 is 0 Å². The largest absolute Gasteiger partial charge is 0.416 e. The zero-order valence-electron chi connectivity index (χ0n) is 20.0. The number of halogens is 4. The minimum Gasteiger partial charge on any atom is -0.362 e. The predicted octanol–water partition coefficient (Wildman–Crippen LogP) is 5.65. The first-order valence-corrected chi connectivity index (χ1v) is 11.7. The predicted molar refractivity (Wildman–Crippen MR) is 132 cm³/mol. The van der Waals surface area contributed by atoms with Crippen LogP contribution in [0, 0.1) is 11.7 Å². The van der Waals surface area contributed by atoms with Crippen LogP contribution in [0.1, 0.15) is 31.2 Å². The highest BCUT2D eigenvalue weighted by Gasteiger charge is 2.31. The Kier molecular flexibility index (Phi) is 7.46. The molecule has 0 saturated heterocycles. The number of alkyl halides is 3. The number of nitrogens with one attached hydrogen (secondary N) is 3. The fraction of sp³-hybridized carbons (Fsp3) is 0.400. The van der Waals surface area contributed by atoms with E-state index < -0.39 is 23.6 Å². The topological polar surface area (TPSA) is 82.2 Å². The van der Waals surface area contributed by atoms with Crippen LogP contribution in [0.5, 0.6) is 0 Å². The molecule has 1 saturated carbocycles. The SMILES string of the molecule is CN(C)c1nc(N[C@H]2CC[C@@H](CNC(=O)Nc3cc(F)cc(C(F)(F)F)c3)CC2)nc2ccccc12. The van der Waals surface area contributed by atoms with Crippen LogP contribution in [-0.2, 0) is 6.18 Å². The van der Waals surface area contributed by atoms with E-state index in [-0.39, 0.29) is 17.6 Å². The number of carbonyl (C=O) groups is 1. The van der Waals surface area contributed by atoms with Gasteiger partial charge in [0.2, 0.25) is 5.95 Å². The summed E-state index contributed by atoms with van der Waals surface area (Å²) in [6.45, 7) is 0.372. The van der Waals surface area contributed by atoms with Gasteiger partial charge in [-0.05, 0) is 61.9 Å². The Balaban J connectivity index is 1.27. The number of para-hydroxylation sites is 1. The summed E-state index contributed by atoms with van der Waals surface area (Å²) in [5.74, 6) is 0.570. The Labute approximate surface area is 206 Å². The van der Waals surface area contributed by atoms with E-state index in [1.165, 1.54) is 0 Å². The van der Waals surface area contributed by atoms with E-state index in [0.29, 0.717) is 24.6 Å². The first kappa shape index (κ1) is 25.5. The number of rotatable bonds is 6. The number of anilines is 3. The molecule has 7 nitrogen and oxygen atoms in total. The van der Waals surface area contributed by atoms with E-state index in [1.807, 2.05) is 43.3 Å². The molecule has 2 aromatic carbocycles. The third kappa shape index (κ3) is 6.32. The van der Waals surface area contributed by atoms with Gasteiger partial charge in [0.05, 0.1) is 11.1 Å². The molecule has 11 heteroatoms. The fourth-order valence-electron chi connectivity index (χ4n) is 4.40. The lowest BCUT2D eigenvalue weighted by Gasteiger charge is -2.29. The van der Waals surface area contributed by atoms with Crippen LogP contribution in [0.3, 0.4) is 0 Å². The number of urea groups is 1. The molecule has 0 aliphatic heterocycles. The Morgan fingerprint density at radius 1 is 1.06 bits per heavy atom. The summed E-state index contributed by atoms with van der Waals surface area (Å²) in [4.78, 5) is 23.5. The van der Waals surface area contributed by atoms with Crippen LogP contribution in [-0.4, -0.2) is 42.7 Å². The van der Waals surface area contributed by atoms with Crippen LogP contribution in [0.4, 0.5) is 39.8 Å². The summed E-state index contributed by atoms with van der Waals surface area (Å²) in [7, 11) is 3.88. The maximum absolute atomic E-state index is 13.5. The summed E-state index contributed by atoms with van der Waals surface area (Å²) in [6, 6.07) is 9.31. The van der Waals surface area contributed by atoms with Crippen LogP contribution in [0.15, 0.2) is 42.5 Å². The molecule has 1 heterocycles. The van der Waals surface area contributed by atoms with Gasteiger partial charge in [-0.1, -0.05) is 12.1 Å². The highest BCUT2D eigenvalue weighted by atomic mass is 19.4. The van der Waals surface area contributed by atoms with Crippen molar-refractivity contribution in [3.8, 4) is 0 Å². The van der Waals surface area contributed by atoms with Crippen molar-refractivity contribution in [3.63, 3.8) is 0 Å². The van der Waals surface area contributed by atoms with Gasteiger partial charge in [-0.15, -0.1) is 0 Å². The number of aromatic nitrogens is 2. The molecule has 0 radical (unpaired) electrons. The van der Waals surface area contributed by atoms with Crippen molar-refractivity contribution >= 4 is 34.4 Å². The minimum absolute atomic E-state index is 0.194. The number of benzene rings is 2. The van der Waals surface area contributed by atoms with Gasteiger partial charge >= 0.3 is 12.2 Å². The third-order valence-electron chi connectivity index (χ3n) is 6.22. The summed E-state index contributed by atoms with van der Waals surface area (Å²) in [5, 5.41) is 9.37. The summed E-state index contributed by atoms with van der Waals surface area (Å²) >= 11 is 0. The fourth-order valence-corrected chi connectivity index (χ4v) is 4.40. The molecule has 192 valence electrons. The standard InChI is InChI=1S/C25H28F4N6O/c1-35(2)22-20-5-3-4-6-21(20)33-23(34-22)31-18-9-7-15(8-10-18)14-30-24(36)32-19-12-16(25(27,28)29)11-17(26)13-19/h3-6,11-13,15,18H,7-10,14H2,1-2H3,(H2,30,32,36)(H,31,33,34)/t15-,18+. The van der Waals surface area contributed by atoms with Gasteiger partial charge < -0.3 is 20.9 Å². The molecule has 4 rings (SSSR count). The molecular formula is C25H28F4N6O. The monoisotopic (exact) mass is 504 g/mol. The van der Waals surface area contributed by atoms with E-state index in [4.69, 9.17) is 0 Å². The van der Waals surface area contributed by atoms with Gasteiger partial charge in [0.1, 0.15) is 11.6 Å². The average molecular weight is 505 g/mol. The third-order valence-corrected chi connectivity index (χ3v) is 6.22. The number of hydrogen-bond donors (Lipinski definition) is 3. The normalized spacial score (nSPS) is 18.1. The molecule has 1 aliphatic rings. The second-order valence-electron chi connectivity index (χ2n) is 9.21. The van der Waals surface area contributed by atoms with Crippen molar-refractivity contribution in [2.45, 2.75) is 37.9 Å². The molecule has 3 N–H and O–H groups in total. The van der Waals surface area contributed by atoms with Gasteiger partial charge in [0.25, 0.3) is 0 Å². The van der Waals surface area contributed by atoms with Crippen LogP contribution in [0.25, 0.3) is 10.9 Å². The van der Waals surface area contributed by atoms with Crippen molar-refractivity contribution in [3.05, 3.63) is 53.8 Å². The molecule has 0 spiro atoms. The lowest BCUT2D eigenvalue weighted by atomic mass is 9.86. The number of amides is 2. The van der Waals surface area contributed by atoms with Crippen molar-refractivity contribution in [2.75, 3.05) is 36.2 Å². The molecule has 1 aromatic heterocycles. The van der Waals surface area contributed by atoms with Gasteiger partial charge in [0.15, 0.2) is 0 Å². The average Bonchev–Trinajstić information content (AvgIpc) is 2.82. The molecular weight excluding hydrogens is 476 g/mol. The number of carbonyl (C=O) groups excluding carboxylic acids is 1. The summed E-state index contributed by atoms with van der Waals surface area (Å²) in [6.07, 6.45) is -1.28. The Hall–Kier alpha value is -3.63. The number of hydrogen-bond acceptors (Lipinski definition) is 5. The molecule has 0 bridgehead atoms. The minimum atomic E-state index is -4.70. The molecule has 3 aromatic rings. The first-order valence-electron chi connectivity index (χ1n) is 11.7. The zero-order chi connectivity index (χ0) is 25.9. The molecule has 1 fully saturated rings. The number of fused-ring (bicyclic) bond motifs is 1. The van der Waals surface area contributed by atoms with Crippen LogP contribution >= 0.6 is 0 Å². The van der Waals surface area contributed by atoms with E-state index in [9.17, 15) is 22.4 Å². The van der Waals surface area contributed by atoms with Gasteiger partial charge in [0, 0.05) is 37.8 Å². The Morgan fingerprint density at radius 2 is 1.78 bits per heavy atom. The maximum atomic E-state index is 13.5. The van der Waals surface area contributed by atoms with Gasteiger partial charge in [-0.25, -0.2) is 14.2 Å². The van der Waals surface area contributed by atoms with Gasteiger partial charge in [-0.2, -0.15) is 18.2 Å². The highest BCUT2D eigenvalue weighted by Crippen LogP contribution is 2.32. The zero-order valence-corrected chi connectivity index (χ0v) is 20.0. The van der Waals surface area contributed by atoms with Crippen molar-refractivity contribution in [1.29, 1.82) is 0 Å². The van der Waals surface area contributed by atoms with Gasteiger partial charge in [-0.3, -0.25) is 0 Å². The smallest absolute Gasteiger partial charge is 0.362 e. The lowest BCUT2D eigenvalue weighted by molar-refractivity contribution is -0.137. The van der Waals surface area contributed by atoms with Crippen LogP contribution < -0.4 is 20.9 Å². The second kappa shape index (κ2) is 10.5. The summed E-state index contributed by atoms with van der Waals surface area (Å²) < 4.78 is 52.1. The molecule has 0 unspecified atom stereocenters. The van der Waals surface area contributed by atoms with Crippen molar-refractivity contribution < 1.29 is 22.4 Å². The van der Waals surface area contributed by atoms with E-state index in [2.05, 4.69) is 25.9 Å². The molecule has 0 atom stereocenters. The van der Waals surface area contributed by atoms with E-state index in [0.717, 1.165) is 48.5 Å².